The zero-order valence-corrected chi connectivity index (χ0v) is 19.1. The van der Waals surface area contributed by atoms with Gasteiger partial charge in [0.25, 0.3) is 15.9 Å². The molecule has 0 unspecified atom stereocenters. The summed E-state index contributed by atoms with van der Waals surface area (Å²) in [5.41, 5.74) is 2.42. The second-order valence-corrected chi connectivity index (χ2v) is 9.66. The molecule has 0 radical (unpaired) electrons. The molecule has 8 heteroatoms. The first-order valence-electron chi connectivity index (χ1n) is 10.5. The third kappa shape index (κ3) is 5.77. The molecule has 2 aromatic rings. The van der Waals surface area contributed by atoms with Crippen LogP contribution in [0.3, 0.4) is 0 Å². The predicted molar refractivity (Wildman–Crippen MR) is 120 cm³/mol. The van der Waals surface area contributed by atoms with E-state index in [1.165, 1.54) is 10.4 Å². The molecule has 0 saturated carbocycles. The van der Waals surface area contributed by atoms with Crippen molar-refractivity contribution in [3.63, 3.8) is 0 Å². The van der Waals surface area contributed by atoms with Gasteiger partial charge in [0.1, 0.15) is 5.75 Å². The minimum Gasteiger partial charge on any atom is -0.484 e. The van der Waals surface area contributed by atoms with Crippen LogP contribution in [0.25, 0.3) is 0 Å². The number of carbonyl (C=O) groups is 1. The van der Waals surface area contributed by atoms with Crippen molar-refractivity contribution in [2.75, 3.05) is 30.6 Å². The maximum Gasteiger partial charge on any atom is 0.264 e. The van der Waals surface area contributed by atoms with E-state index in [0.29, 0.717) is 37.4 Å². The number of nitrogens with one attached hydrogen (secondary N) is 1. The second kappa shape index (κ2) is 10.2. The molecule has 3 rings (SSSR count). The monoisotopic (exact) mass is 446 g/mol. The van der Waals surface area contributed by atoms with Gasteiger partial charge in [-0.15, -0.1) is 0 Å². The first kappa shape index (κ1) is 23.1. The average Bonchev–Trinajstić information content (AvgIpc) is 3.17. The Labute approximate surface area is 184 Å². The van der Waals surface area contributed by atoms with Gasteiger partial charge in [-0.1, -0.05) is 18.2 Å². The van der Waals surface area contributed by atoms with Gasteiger partial charge in [0, 0.05) is 19.7 Å². The lowest BCUT2D eigenvalue weighted by Crippen LogP contribution is -2.30. The van der Waals surface area contributed by atoms with Gasteiger partial charge in [-0.3, -0.25) is 9.10 Å². The molecular formula is C23H30N2O5S. The van der Waals surface area contributed by atoms with Crippen molar-refractivity contribution < 1.29 is 22.7 Å². The highest BCUT2D eigenvalue weighted by Crippen LogP contribution is 2.33. The van der Waals surface area contributed by atoms with E-state index in [0.717, 1.165) is 17.7 Å². The summed E-state index contributed by atoms with van der Waals surface area (Å²) < 4.78 is 38.8. The standard InChI is InChI=1S/C23H30N2O5S/c1-17(2)29-14-6-12-24-23(26)16-30-22-10-9-20(15-18(22)3)31(27,28)25-13-11-19-7-4-5-8-21(19)25/h4-5,7-10,15,17H,6,11-14,16H2,1-3H3,(H,24,26). The van der Waals surface area contributed by atoms with Crippen molar-refractivity contribution in [3.8, 4) is 5.75 Å². The molecule has 0 spiro atoms. The van der Waals surface area contributed by atoms with Crippen LogP contribution in [0.4, 0.5) is 5.69 Å². The summed E-state index contributed by atoms with van der Waals surface area (Å²) in [6.07, 6.45) is 1.61. The normalized spacial score (nSPS) is 13.4. The fraction of sp³-hybridized carbons (Fsp3) is 0.435. The lowest BCUT2D eigenvalue weighted by atomic mass is 10.2. The number of hydrogen-bond donors (Lipinski definition) is 1. The van der Waals surface area contributed by atoms with E-state index in [-0.39, 0.29) is 23.5 Å². The Bertz CT molecular complexity index is 1020. The molecule has 0 aromatic heterocycles. The highest BCUT2D eigenvalue weighted by molar-refractivity contribution is 7.92. The smallest absolute Gasteiger partial charge is 0.264 e. The predicted octanol–water partition coefficient (Wildman–Crippen LogP) is 3.06. The number of hydrogen-bond acceptors (Lipinski definition) is 5. The fourth-order valence-electron chi connectivity index (χ4n) is 3.44. The van der Waals surface area contributed by atoms with Gasteiger partial charge in [0.05, 0.1) is 16.7 Å². The molecule has 1 amide bonds. The van der Waals surface area contributed by atoms with Crippen molar-refractivity contribution in [2.45, 2.75) is 44.6 Å². The Kier molecular flexibility index (Phi) is 7.56. The summed E-state index contributed by atoms with van der Waals surface area (Å²) in [5, 5.41) is 2.78. The number of nitrogens with zero attached hydrogens (tertiary/aromatic N) is 1. The van der Waals surface area contributed by atoms with E-state index >= 15 is 0 Å². The van der Waals surface area contributed by atoms with Crippen LogP contribution in [0.2, 0.25) is 0 Å². The molecule has 1 N–H and O–H groups in total. The number of anilines is 1. The van der Waals surface area contributed by atoms with Crippen LogP contribution in [0.5, 0.6) is 5.75 Å². The fourth-order valence-corrected chi connectivity index (χ4v) is 5.03. The quantitative estimate of drug-likeness (QED) is 0.567. The Morgan fingerprint density at radius 1 is 1.19 bits per heavy atom. The molecule has 0 bridgehead atoms. The first-order chi connectivity index (χ1) is 14.8. The molecule has 0 atom stereocenters. The van der Waals surface area contributed by atoms with Crippen LogP contribution in [0.1, 0.15) is 31.4 Å². The van der Waals surface area contributed by atoms with Gasteiger partial charge in [0.15, 0.2) is 6.61 Å². The van der Waals surface area contributed by atoms with E-state index in [1.54, 1.807) is 19.1 Å². The number of amides is 1. The maximum atomic E-state index is 13.2. The number of sulfonamides is 1. The van der Waals surface area contributed by atoms with E-state index in [9.17, 15) is 13.2 Å². The molecule has 1 heterocycles. The van der Waals surface area contributed by atoms with Crippen molar-refractivity contribution in [1.82, 2.24) is 5.32 Å². The summed E-state index contributed by atoms with van der Waals surface area (Å²) in [4.78, 5) is 12.2. The number of aryl methyl sites for hydroxylation is 1. The van der Waals surface area contributed by atoms with E-state index < -0.39 is 10.0 Å². The lowest BCUT2D eigenvalue weighted by Gasteiger charge is -2.20. The molecule has 168 valence electrons. The summed E-state index contributed by atoms with van der Waals surface area (Å²) in [6, 6.07) is 12.3. The molecule has 0 fully saturated rings. The van der Waals surface area contributed by atoms with Crippen molar-refractivity contribution in [2.24, 2.45) is 0 Å². The van der Waals surface area contributed by atoms with Crippen molar-refractivity contribution >= 4 is 21.6 Å². The molecule has 1 aliphatic rings. The zero-order valence-electron chi connectivity index (χ0n) is 18.3. The first-order valence-corrected chi connectivity index (χ1v) is 12.0. The Hall–Kier alpha value is -2.58. The second-order valence-electron chi connectivity index (χ2n) is 7.79. The SMILES string of the molecule is Cc1cc(S(=O)(=O)N2CCc3ccccc32)ccc1OCC(=O)NCCCOC(C)C. The van der Waals surface area contributed by atoms with E-state index in [4.69, 9.17) is 9.47 Å². The third-order valence-corrected chi connectivity index (χ3v) is 6.84. The number of rotatable bonds is 10. The summed E-state index contributed by atoms with van der Waals surface area (Å²) in [5.74, 6) is 0.258. The lowest BCUT2D eigenvalue weighted by molar-refractivity contribution is -0.123. The highest BCUT2D eigenvalue weighted by atomic mass is 32.2. The van der Waals surface area contributed by atoms with E-state index in [2.05, 4.69) is 5.32 Å². The molecule has 2 aromatic carbocycles. The van der Waals surface area contributed by atoms with Crippen molar-refractivity contribution in [1.29, 1.82) is 0 Å². The Balaban J connectivity index is 1.57. The largest absolute Gasteiger partial charge is 0.484 e. The number of benzene rings is 2. The molecule has 31 heavy (non-hydrogen) atoms. The molecule has 0 aliphatic carbocycles. The van der Waals surface area contributed by atoms with Crippen LogP contribution < -0.4 is 14.4 Å². The number of carbonyl (C=O) groups excluding carboxylic acids is 1. The zero-order chi connectivity index (χ0) is 22.4. The van der Waals surface area contributed by atoms with Gasteiger partial charge in [-0.05, 0) is 69.0 Å². The highest BCUT2D eigenvalue weighted by Gasteiger charge is 2.30. The number of ether oxygens (including phenoxy) is 2. The van der Waals surface area contributed by atoms with Gasteiger partial charge in [-0.2, -0.15) is 0 Å². The van der Waals surface area contributed by atoms with Gasteiger partial charge < -0.3 is 14.8 Å². The van der Waals surface area contributed by atoms with Crippen LogP contribution >= 0.6 is 0 Å². The molecule has 1 aliphatic heterocycles. The van der Waals surface area contributed by atoms with Gasteiger partial charge in [0.2, 0.25) is 0 Å². The third-order valence-electron chi connectivity index (χ3n) is 5.03. The van der Waals surface area contributed by atoms with Crippen LogP contribution in [0.15, 0.2) is 47.4 Å². The topological polar surface area (TPSA) is 84.9 Å². The van der Waals surface area contributed by atoms with Gasteiger partial charge in [-0.25, -0.2) is 8.42 Å². The maximum absolute atomic E-state index is 13.2. The Morgan fingerprint density at radius 3 is 2.71 bits per heavy atom. The summed E-state index contributed by atoms with van der Waals surface area (Å²) in [6.45, 7) is 7.12. The average molecular weight is 447 g/mol. The van der Waals surface area contributed by atoms with Crippen molar-refractivity contribution in [3.05, 3.63) is 53.6 Å². The van der Waals surface area contributed by atoms with Crippen LogP contribution in [-0.2, 0) is 26.0 Å². The molecular weight excluding hydrogens is 416 g/mol. The van der Waals surface area contributed by atoms with E-state index in [1.807, 2.05) is 38.1 Å². The summed E-state index contributed by atoms with van der Waals surface area (Å²) >= 11 is 0. The number of para-hydroxylation sites is 1. The summed E-state index contributed by atoms with van der Waals surface area (Å²) in [7, 11) is -3.66. The van der Waals surface area contributed by atoms with Crippen LogP contribution in [-0.4, -0.2) is 46.7 Å². The van der Waals surface area contributed by atoms with Crippen LogP contribution in [0, 0.1) is 6.92 Å². The Morgan fingerprint density at radius 2 is 1.97 bits per heavy atom. The minimum absolute atomic E-state index is 0.128. The number of fused-ring (bicyclic) bond motifs is 1. The molecule has 7 nitrogen and oxygen atoms in total. The van der Waals surface area contributed by atoms with Gasteiger partial charge >= 0.3 is 0 Å². The molecule has 0 saturated heterocycles. The minimum atomic E-state index is -3.66.